The molecular weight excluding hydrogens is 391 g/mol. The van der Waals surface area contributed by atoms with Crippen LogP contribution in [-0.4, -0.2) is 19.7 Å². The summed E-state index contributed by atoms with van der Waals surface area (Å²) < 4.78 is 1.52. The maximum absolute atomic E-state index is 13.0. The first-order valence-electron chi connectivity index (χ1n) is 7.72. The van der Waals surface area contributed by atoms with Crippen molar-refractivity contribution in [2.24, 2.45) is 0 Å². The zero-order valence-corrected chi connectivity index (χ0v) is 15.6. The van der Waals surface area contributed by atoms with E-state index in [4.69, 9.17) is 23.2 Å². The molecule has 5 nitrogen and oxygen atoms in total. The second-order valence-corrected chi connectivity index (χ2v) is 7.26. The minimum Gasteiger partial charge on any atom is -0.268 e. The number of nitrogens with one attached hydrogen (secondary N) is 1. The Morgan fingerprint density at radius 2 is 1.77 bits per heavy atom. The highest BCUT2D eigenvalue weighted by Gasteiger charge is 2.16. The molecular formula is C18H12Cl2N4OS. The molecule has 0 saturated heterocycles. The van der Waals surface area contributed by atoms with Gasteiger partial charge in [0, 0.05) is 10.8 Å². The van der Waals surface area contributed by atoms with Crippen LogP contribution in [0.3, 0.4) is 0 Å². The van der Waals surface area contributed by atoms with Crippen molar-refractivity contribution in [1.82, 2.24) is 19.7 Å². The normalized spacial score (nSPS) is 11.2. The fourth-order valence-electron chi connectivity index (χ4n) is 2.57. The number of aromatic amines is 1. The van der Waals surface area contributed by atoms with E-state index < -0.39 is 0 Å². The number of rotatable bonds is 4. The van der Waals surface area contributed by atoms with E-state index in [1.807, 2.05) is 36.4 Å². The molecule has 0 atom stereocenters. The van der Waals surface area contributed by atoms with Gasteiger partial charge < -0.3 is 0 Å². The van der Waals surface area contributed by atoms with Crippen molar-refractivity contribution in [3.8, 4) is 5.69 Å². The molecule has 26 heavy (non-hydrogen) atoms. The van der Waals surface area contributed by atoms with Crippen LogP contribution in [0, 0.1) is 0 Å². The number of H-pyrrole nitrogens is 1. The van der Waals surface area contributed by atoms with Crippen LogP contribution in [0.4, 0.5) is 0 Å². The lowest BCUT2D eigenvalue weighted by atomic mass is 10.2. The zero-order chi connectivity index (χ0) is 18.1. The van der Waals surface area contributed by atoms with Crippen LogP contribution in [0.15, 0.2) is 64.7 Å². The predicted octanol–water partition coefficient (Wildman–Crippen LogP) is 4.71. The summed E-state index contributed by atoms with van der Waals surface area (Å²) in [5, 5.41) is 8.75. The molecule has 130 valence electrons. The second-order valence-electron chi connectivity index (χ2n) is 5.50. The lowest BCUT2D eigenvalue weighted by Gasteiger charge is -2.13. The van der Waals surface area contributed by atoms with Gasteiger partial charge in [-0.2, -0.15) is 5.10 Å². The minimum atomic E-state index is -0.224. The first-order valence-corrected chi connectivity index (χ1v) is 9.46. The topological polar surface area (TPSA) is 63.6 Å². The first kappa shape index (κ1) is 17.1. The molecule has 0 bridgehead atoms. The molecule has 0 fully saturated rings. The summed E-state index contributed by atoms with van der Waals surface area (Å²) in [5.74, 6) is 0.566. The van der Waals surface area contributed by atoms with Gasteiger partial charge in [-0.3, -0.25) is 14.5 Å². The van der Waals surface area contributed by atoms with Gasteiger partial charge in [-0.15, -0.1) is 0 Å². The smallest absolute Gasteiger partial charge is 0.268 e. The Labute approximate surface area is 163 Å². The maximum Gasteiger partial charge on any atom is 0.269 e. The fraction of sp³-hybridized carbons (Fsp3) is 0.0556. The van der Waals surface area contributed by atoms with Gasteiger partial charge >= 0.3 is 0 Å². The van der Waals surface area contributed by atoms with Gasteiger partial charge in [-0.1, -0.05) is 65.3 Å². The Kier molecular flexibility index (Phi) is 4.72. The van der Waals surface area contributed by atoms with Crippen LogP contribution >= 0.6 is 35.0 Å². The summed E-state index contributed by atoms with van der Waals surface area (Å²) in [7, 11) is 0. The number of thioether (sulfide) groups is 1. The Balaban J connectivity index is 1.85. The number of aromatic nitrogens is 4. The average Bonchev–Trinajstić information content (AvgIpc) is 3.11. The Hall–Kier alpha value is -2.28. The third kappa shape index (κ3) is 3.11. The standard InChI is InChI=1S/C18H12Cl2N4OS/c19-13-6-2-1-5-11(13)10-26-18-22-16-12(9-21-23-16)17(25)24(18)15-8-4-3-7-14(15)20/h1-9H,10H2,(H,21,23). The van der Waals surface area contributed by atoms with E-state index in [-0.39, 0.29) is 5.56 Å². The molecule has 0 unspecified atom stereocenters. The van der Waals surface area contributed by atoms with Crippen molar-refractivity contribution in [1.29, 1.82) is 0 Å². The summed E-state index contributed by atoms with van der Waals surface area (Å²) in [6.07, 6.45) is 1.47. The molecule has 2 aromatic heterocycles. The number of fused-ring (bicyclic) bond motifs is 1. The molecule has 0 spiro atoms. The molecule has 8 heteroatoms. The summed E-state index contributed by atoms with van der Waals surface area (Å²) in [6.45, 7) is 0. The van der Waals surface area contributed by atoms with Gasteiger partial charge in [-0.05, 0) is 23.8 Å². The van der Waals surface area contributed by atoms with Gasteiger partial charge in [0.1, 0.15) is 5.39 Å². The number of halogens is 2. The third-order valence-electron chi connectivity index (χ3n) is 3.86. The van der Waals surface area contributed by atoms with Crippen LogP contribution in [0.25, 0.3) is 16.7 Å². The summed E-state index contributed by atoms with van der Waals surface area (Å²) in [6, 6.07) is 14.8. The third-order valence-corrected chi connectivity index (χ3v) is 5.54. The minimum absolute atomic E-state index is 0.224. The van der Waals surface area contributed by atoms with E-state index in [9.17, 15) is 4.79 Å². The van der Waals surface area contributed by atoms with E-state index in [2.05, 4.69) is 15.2 Å². The van der Waals surface area contributed by atoms with Crippen molar-refractivity contribution in [3.05, 3.63) is 80.7 Å². The highest BCUT2D eigenvalue weighted by Crippen LogP contribution is 2.29. The number of nitrogens with zero attached hydrogens (tertiary/aromatic N) is 3. The molecule has 0 aliphatic carbocycles. The maximum atomic E-state index is 13.0. The molecule has 4 aromatic rings. The van der Waals surface area contributed by atoms with Crippen LogP contribution in [0.5, 0.6) is 0 Å². The fourth-order valence-corrected chi connectivity index (χ4v) is 4.08. The molecule has 0 amide bonds. The monoisotopic (exact) mass is 402 g/mol. The Morgan fingerprint density at radius 1 is 1.04 bits per heavy atom. The molecule has 0 radical (unpaired) electrons. The van der Waals surface area contributed by atoms with Crippen molar-refractivity contribution in [3.63, 3.8) is 0 Å². The van der Waals surface area contributed by atoms with E-state index in [0.29, 0.717) is 37.7 Å². The highest BCUT2D eigenvalue weighted by atomic mass is 35.5. The van der Waals surface area contributed by atoms with Crippen molar-refractivity contribution in [2.45, 2.75) is 10.9 Å². The average molecular weight is 403 g/mol. The SMILES string of the molecule is O=c1c2cn[nH]c2nc(SCc2ccccc2Cl)n1-c1ccccc1Cl. The quantitative estimate of drug-likeness (QED) is 0.396. The Bertz CT molecular complexity index is 1160. The van der Waals surface area contributed by atoms with Crippen LogP contribution in [-0.2, 0) is 5.75 Å². The molecule has 0 aliphatic rings. The molecule has 1 N–H and O–H groups in total. The largest absolute Gasteiger partial charge is 0.269 e. The van der Waals surface area contributed by atoms with Gasteiger partial charge in [0.2, 0.25) is 0 Å². The molecule has 0 aliphatic heterocycles. The zero-order valence-electron chi connectivity index (χ0n) is 13.3. The number of benzene rings is 2. The first-order chi connectivity index (χ1) is 12.6. The molecule has 2 heterocycles. The van der Waals surface area contributed by atoms with Gasteiger partial charge in [0.15, 0.2) is 10.8 Å². The summed E-state index contributed by atoms with van der Waals surface area (Å²) in [5.41, 5.74) is 1.76. The summed E-state index contributed by atoms with van der Waals surface area (Å²) in [4.78, 5) is 17.6. The van der Waals surface area contributed by atoms with Gasteiger partial charge in [-0.25, -0.2) is 4.98 Å². The lowest BCUT2D eigenvalue weighted by molar-refractivity contribution is 0.816. The molecule has 2 aromatic carbocycles. The number of hydrogen-bond donors (Lipinski definition) is 1. The predicted molar refractivity (Wildman–Crippen MR) is 106 cm³/mol. The highest BCUT2D eigenvalue weighted by molar-refractivity contribution is 7.98. The van der Waals surface area contributed by atoms with Crippen LogP contribution in [0.2, 0.25) is 10.0 Å². The van der Waals surface area contributed by atoms with Gasteiger partial charge in [0.25, 0.3) is 5.56 Å². The second kappa shape index (κ2) is 7.15. The van der Waals surface area contributed by atoms with Crippen molar-refractivity contribution >= 4 is 46.0 Å². The lowest BCUT2D eigenvalue weighted by Crippen LogP contribution is -2.21. The van der Waals surface area contributed by atoms with Crippen LogP contribution < -0.4 is 5.56 Å². The van der Waals surface area contributed by atoms with E-state index >= 15 is 0 Å². The van der Waals surface area contributed by atoms with E-state index in [0.717, 1.165) is 5.56 Å². The van der Waals surface area contributed by atoms with Crippen molar-refractivity contribution < 1.29 is 0 Å². The number of hydrogen-bond acceptors (Lipinski definition) is 4. The van der Waals surface area contributed by atoms with Gasteiger partial charge in [0.05, 0.1) is 16.9 Å². The summed E-state index contributed by atoms with van der Waals surface area (Å²) >= 11 is 14.0. The van der Waals surface area contributed by atoms with E-state index in [1.54, 1.807) is 12.1 Å². The van der Waals surface area contributed by atoms with E-state index in [1.165, 1.54) is 22.5 Å². The van der Waals surface area contributed by atoms with Crippen molar-refractivity contribution in [2.75, 3.05) is 0 Å². The van der Waals surface area contributed by atoms with Crippen LogP contribution in [0.1, 0.15) is 5.56 Å². The Morgan fingerprint density at radius 3 is 2.54 bits per heavy atom. The molecule has 0 saturated carbocycles. The molecule has 4 rings (SSSR count). The number of para-hydroxylation sites is 1.